The Balaban J connectivity index is 2.14. The molecule has 2 N–H and O–H groups in total. The Morgan fingerprint density at radius 2 is 2.10 bits per heavy atom. The Hall–Kier alpha value is -2.09. The van der Waals surface area contributed by atoms with E-state index in [2.05, 4.69) is 17.2 Å². The molecule has 0 bridgehead atoms. The molecule has 2 rings (SSSR count). The highest BCUT2D eigenvalue weighted by molar-refractivity contribution is 7.14. The Bertz CT molecular complexity index is 692. The first kappa shape index (κ1) is 14.3. The molecule has 20 heavy (non-hydrogen) atoms. The molecule has 3 nitrogen and oxygen atoms in total. The van der Waals surface area contributed by atoms with Crippen LogP contribution in [-0.4, -0.2) is 17.6 Å². The number of hydrogen-bond donors (Lipinski definition) is 2. The number of aliphatic hydroxyl groups excluding tert-OH is 1. The molecule has 0 aliphatic carbocycles. The van der Waals surface area contributed by atoms with Crippen LogP contribution in [0.2, 0.25) is 0 Å². The van der Waals surface area contributed by atoms with Crippen LogP contribution in [0.5, 0.6) is 0 Å². The van der Waals surface area contributed by atoms with Crippen molar-refractivity contribution in [3.8, 4) is 11.8 Å². The molecular formula is C16H15NO2S. The summed E-state index contributed by atoms with van der Waals surface area (Å²) in [6, 6.07) is 9.28. The van der Waals surface area contributed by atoms with Gasteiger partial charge in [-0.05, 0) is 49.7 Å². The molecule has 0 fully saturated rings. The number of aliphatic hydroxyl groups is 1. The smallest absolute Gasteiger partial charge is 0.265 e. The van der Waals surface area contributed by atoms with Crippen molar-refractivity contribution in [1.29, 1.82) is 0 Å². The maximum Gasteiger partial charge on any atom is 0.265 e. The van der Waals surface area contributed by atoms with E-state index in [4.69, 9.17) is 5.11 Å². The predicted octanol–water partition coefficient (Wildman–Crippen LogP) is 2.96. The number of thiophene rings is 1. The molecule has 0 unspecified atom stereocenters. The van der Waals surface area contributed by atoms with E-state index in [0.29, 0.717) is 4.88 Å². The highest BCUT2D eigenvalue weighted by atomic mass is 32.1. The zero-order valence-electron chi connectivity index (χ0n) is 11.4. The lowest BCUT2D eigenvalue weighted by Gasteiger charge is -2.06. The molecule has 0 spiro atoms. The van der Waals surface area contributed by atoms with Crippen LogP contribution in [0.25, 0.3) is 0 Å². The van der Waals surface area contributed by atoms with E-state index in [-0.39, 0.29) is 12.5 Å². The molecule has 2 aromatic rings. The summed E-state index contributed by atoms with van der Waals surface area (Å²) in [6.07, 6.45) is 0. The summed E-state index contributed by atoms with van der Waals surface area (Å²) >= 11 is 1.47. The van der Waals surface area contributed by atoms with Crippen LogP contribution in [0.15, 0.2) is 30.3 Å². The number of aryl methyl sites for hydroxylation is 2. The average molecular weight is 285 g/mol. The van der Waals surface area contributed by atoms with Crippen molar-refractivity contribution in [2.75, 3.05) is 11.9 Å². The third kappa shape index (κ3) is 3.47. The van der Waals surface area contributed by atoms with Crippen molar-refractivity contribution >= 4 is 22.9 Å². The van der Waals surface area contributed by atoms with Gasteiger partial charge in [0.2, 0.25) is 0 Å². The highest BCUT2D eigenvalue weighted by Gasteiger charge is 2.08. The summed E-state index contributed by atoms with van der Waals surface area (Å²) < 4.78 is 0. The van der Waals surface area contributed by atoms with Crippen molar-refractivity contribution in [3.63, 3.8) is 0 Å². The first-order valence-electron chi connectivity index (χ1n) is 6.18. The Kier molecular flexibility index (Phi) is 4.57. The lowest BCUT2D eigenvalue weighted by atomic mass is 10.1. The van der Waals surface area contributed by atoms with Gasteiger partial charge in [0.15, 0.2) is 0 Å². The summed E-state index contributed by atoms with van der Waals surface area (Å²) in [5, 5.41) is 11.6. The third-order valence-corrected chi connectivity index (χ3v) is 3.75. The van der Waals surface area contributed by atoms with E-state index in [0.717, 1.165) is 21.7 Å². The van der Waals surface area contributed by atoms with Crippen molar-refractivity contribution in [2.45, 2.75) is 13.8 Å². The first-order chi connectivity index (χ1) is 9.60. The van der Waals surface area contributed by atoms with Crippen LogP contribution in [-0.2, 0) is 0 Å². The minimum atomic E-state index is -0.157. The summed E-state index contributed by atoms with van der Waals surface area (Å²) in [4.78, 5) is 13.8. The molecule has 4 heteroatoms. The number of anilines is 1. The van der Waals surface area contributed by atoms with Gasteiger partial charge in [0, 0.05) is 16.1 Å². The van der Waals surface area contributed by atoms with Crippen molar-refractivity contribution in [1.82, 2.24) is 0 Å². The average Bonchev–Trinajstić information content (AvgIpc) is 2.85. The van der Waals surface area contributed by atoms with Gasteiger partial charge in [-0.1, -0.05) is 11.8 Å². The molecule has 0 saturated carbocycles. The van der Waals surface area contributed by atoms with Crippen LogP contribution in [0, 0.1) is 25.7 Å². The van der Waals surface area contributed by atoms with E-state index in [9.17, 15) is 4.79 Å². The van der Waals surface area contributed by atoms with Gasteiger partial charge in [-0.3, -0.25) is 4.79 Å². The van der Waals surface area contributed by atoms with Crippen molar-refractivity contribution < 1.29 is 9.90 Å². The topological polar surface area (TPSA) is 49.3 Å². The standard InChI is InChI=1S/C16H15NO2S/c1-11-10-14(7-6-13(11)4-3-9-18)17-16(19)15-8-5-12(2)20-15/h5-8,10,18H,9H2,1-2H3,(H,17,19). The molecule has 0 aliphatic rings. The third-order valence-electron chi connectivity index (χ3n) is 2.75. The normalized spacial score (nSPS) is 9.75. The predicted molar refractivity (Wildman–Crippen MR) is 82.2 cm³/mol. The number of nitrogens with one attached hydrogen (secondary N) is 1. The Morgan fingerprint density at radius 3 is 2.70 bits per heavy atom. The zero-order valence-corrected chi connectivity index (χ0v) is 12.2. The quantitative estimate of drug-likeness (QED) is 0.833. The van der Waals surface area contributed by atoms with Gasteiger partial charge in [0.05, 0.1) is 4.88 Å². The Labute approximate surface area is 122 Å². The van der Waals surface area contributed by atoms with E-state index < -0.39 is 0 Å². The van der Waals surface area contributed by atoms with E-state index in [1.54, 1.807) is 0 Å². The number of benzene rings is 1. The van der Waals surface area contributed by atoms with Crippen molar-refractivity contribution in [2.24, 2.45) is 0 Å². The van der Waals surface area contributed by atoms with Crippen LogP contribution in [0.3, 0.4) is 0 Å². The fraction of sp³-hybridized carbons (Fsp3) is 0.188. The van der Waals surface area contributed by atoms with Gasteiger partial charge in [0.25, 0.3) is 5.91 Å². The number of rotatable bonds is 2. The fourth-order valence-electron chi connectivity index (χ4n) is 1.77. The molecule has 0 aliphatic heterocycles. The maximum absolute atomic E-state index is 12.0. The number of hydrogen-bond acceptors (Lipinski definition) is 3. The molecule has 0 saturated heterocycles. The minimum absolute atomic E-state index is 0.100. The second-order valence-electron chi connectivity index (χ2n) is 4.35. The zero-order chi connectivity index (χ0) is 14.5. The lowest BCUT2D eigenvalue weighted by Crippen LogP contribution is -2.10. The van der Waals surface area contributed by atoms with E-state index in [1.165, 1.54) is 11.3 Å². The second-order valence-corrected chi connectivity index (χ2v) is 5.64. The van der Waals surface area contributed by atoms with Gasteiger partial charge in [-0.2, -0.15) is 0 Å². The van der Waals surface area contributed by atoms with Crippen molar-refractivity contribution in [3.05, 3.63) is 51.2 Å². The van der Waals surface area contributed by atoms with Gasteiger partial charge in [0.1, 0.15) is 6.61 Å². The number of carbonyl (C=O) groups excluding carboxylic acids is 1. The molecule has 1 aromatic heterocycles. The molecular weight excluding hydrogens is 270 g/mol. The highest BCUT2D eigenvalue weighted by Crippen LogP contribution is 2.19. The SMILES string of the molecule is Cc1ccc(C(=O)Nc2ccc(C#CCO)c(C)c2)s1. The summed E-state index contributed by atoms with van der Waals surface area (Å²) in [6.45, 7) is 3.74. The lowest BCUT2D eigenvalue weighted by molar-refractivity contribution is 0.103. The maximum atomic E-state index is 12.0. The van der Waals surface area contributed by atoms with Crippen LogP contribution < -0.4 is 5.32 Å². The molecule has 1 aromatic carbocycles. The largest absolute Gasteiger partial charge is 0.384 e. The summed E-state index contributed by atoms with van der Waals surface area (Å²) in [5.41, 5.74) is 2.56. The van der Waals surface area contributed by atoms with Crippen LogP contribution >= 0.6 is 11.3 Å². The molecule has 102 valence electrons. The van der Waals surface area contributed by atoms with E-state index >= 15 is 0 Å². The van der Waals surface area contributed by atoms with Gasteiger partial charge < -0.3 is 10.4 Å². The molecule has 0 radical (unpaired) electrons. The monoisotopic (exact) mass is 285 g/mol. The van der Waals surface area contributed by atoms with Crippen LogP contribution in [0.1, 0.15) is 25.7 Å². The summed E-state index contributed by atoms with van der Waals surface area (Å²) in [7, 11) is 0. The fourth-order valence-corrected chi connectivity index (χ4v) is 2.53. The molecule has 1 heterocycles. The molecule has 0 atom stereocenters. The number of carbonyl (C=O) groups is 1. The molecule has 1 amide bonds. The first-order valence-corrected chi connectivity index (χ1v) is 7.00. The summed E-state index contributed by atoms with van der Waals surface area (Å²) in [5.74, 6) is 5.38. The van der Waals surface area contributed by atoms with Gasteiger partial charge in [-0.15, -0.1) is 11.3 Å². The van der Waals surface area contributed by atoms with E-state index in [1.807, 2.05) is 44.2 Å². The second kappa shape index (κ2) is 6.38. The number of amides is 1. The van der Waals surface area contributed by atoms with Gasteiger partial charge >= 0.3 is 0 Å². The van der Waals surface area contributed by atoms with Crippen LogP contribution in [0.4, 0.5) is 5.69 Å². The Morgan fingerprint density at radius 1 is 1.30 bits per heavy atom. The van der Waals surface area contributed by atoms with Gasteiger partial charge in [-0.25, -0.2) is 0 Å². The minimum Gasteiger partial charge on any atom is -0.384 e.